The first-order chi connectivity index (χ1) is 12.2. The molecule has 0 bridgehead atoms. The summed E-state index contributed by atoms with van der Waals surface area (Å²) < 4.78 is 2.30. The highest BCUT2D eigenvalue weighted by Gasteiger charge is 2.27. The molecule has 1 atom stereocenters. The number of urea groups is 1. The van der Waals surface area contributed by atoms with E-state index in [1.165, 1.54) is 11.3 Å². The van der Waals surface area contributed by atoms with Crippen molar-refractivity contribution in [2.75, 3.05) is 19.6 Å². The zero-order valence-electron chi connectivity index (χ0n) is 15.2. The van der Waals surface area contributed by atoms with Gasteiger partial charge in [0.05, 0.1) is 0 Å². The maximum atomic E-state index is 12.1. The van der Waals surface area contributed by atoms with Gasteiger partial charge in [0, 0.05) is 44.5 Å². The standard InChI is InChI=1S/C20H28N4O/c1-3-10-21-20(25)23-11-9-18(14-23)12-19-22-13-16(2)24(19)15-17-7-5-4-6-8-17/h4-8,13,18H,3,9-12,14-15H2,1-2H3,(H,21,25). The highest BCUT2D eigenvalue weighted by molar-refractivity contribution is 5.74. The van der Waals surface area contributed by atoms with Gasteiger partial charge in [0.1, 0.15) is 5.82 Å². The molecule has 25 heavy (non-hydrogen) atoms. The fourth-order valence-electron chi connectivity index (χ4n) is 3.44. The molecular weight excluding hydrogens is 312 g/mol. The first-order valence-electron chi connectivity index (χ1n) is 9.25. The number of amides is 2. The predicted molar refractivity (Wildman–Crippen MR) is 99.6 cm³/mol. The van der Waals surface area contributed by atoms with Gasteiger partial charge in [0.2, 0.25) is 0 Å². The smallest absolute Gasteiger partial charge is 0.317 e. The topological polar surface area (TPSA) is 50.2 Å². The quantitative estimate of drug-likeness (QED) is 0.878. The van der Waals surface area contributed by atoms with E-state index in [9.17, 15) is 4.79 Å². The predicted octanol–water partition coefficient (Wildman–Crippen LogP) is 3.22. The normalized spacial score (nSPS) is 17.0. The fraction of sp³-hybridized carbons (Fsp3) is 0.500. The molecule has 1 aliphatic rings. The van der Waals surface area contributed by atoms with Crippen LogP contribution in [0.1, 0.15) is 36.8 Å². The van der Waals surface area contributed by atoms with E-state index in [0.29, 0.717) is 5.92 Å². The van der Waals surface area contributed by atoms with Crippen LogP contribution >= 0.6 is 0 Å². The molecule has 1 aromatic carbocycles. The Labute approximate surface area is 150 Å². The molecule has 0 spiro atoms. The number of aryl methyl sites for hydroxylation is 1. The van der Waals surface area contributed by atoms with Gasteiger partial charge in [-0.05, 0) is 31.2 Å². The molecule has 1 aromatic heterocycles. The third-order valence-electron chi connectivity index (χ3n) is 4.89. The second-order valence-electron chi connectivity index (χ2n) is 6.92. The van der Waals surface area contributed by atoms with Gasteiger partial charge in [0.25, 0.3) is 0 Å². The van der Waals surface area contributed by atoms with Crippen molar-refractivity contribution in [3.63, 3.8) is 0 Å². The van der Waals surface area contributed by atoms with Gasteiger partial charge in [0.15, 0.2) is 0 Å². The highest BCUT2D eigenvalue weighted by atomic mass is 16.2. The van der Waals surface area contributed by atoms with Crippen molar-refractivity contribution >= 4 is 6.03 Å². The molecule has 0 radical (unpaired) electrons. The van der Waals surface area contributed by atoms with E-state index in [4.69, 9.17) is 0 Å². The molecule has 3 rings (SSSR count). The lowest BCUT2D eigenvalue weighted by Crippen LogP contribution is -2.38. The van der Waals surface area contributed by atoms with Gasteiger partial charge < -0.3 is 14.8 Å². The molecule has 1 saturated heterocycles. The van der Waals surface area contributed by atoms with Crippen molar-refractivity contribution in [3.05, 3.63) is 53.6 Å². The molecule has 5 heteroatoms. The second kappa shape index (κ2) is 8.19. The third kappa shape index (κ3) is 4.41. The van der Waals surface area contributed by atoms with Crippen LogP contribution in [0.25, 0.3) is 0 Å². The number of aromatic nitrogens is 2. The summed E-state index contributed by atoms with van der Waals surface area (Å²) in [7, 11) is 0. The number of nitrogens with zero attached hydrogens (tertiary/aromatic N) is 3. The fourth-order valence-corrected chi connectivity index (χ4v) is 3.44. The second-order valence-corrected chi connectivity index (χ2v) is 6.92. The summed E-state index contributed by atoms with van der Waals surface area (Å²) in [5, 5.41) is 2.97. The Morgan fingerprint density at radius 1 is 1.32 bits per heavy atom. The third-order valence-corrected chi connectivity index (χ3v) is 4.89. The van der Waals surface area contributed by atoms with Crippen molar-refractivity contribution in [1.82, 2.24) is 19.8 Å². The van der Waals surface area contributed by atoms with E-state index in [1.807, 2.05) is 17.2 Å². The van der Waals surface area contributed by atoms with E-state index < -0.39 is 0 Å². The van der Waals surface area contributed by atoms with Gasteiger partial charge in [-0.15, -0.1) is 0 Å². The number of carbonyl (C=O) groups is 1. The Morgan fingerprint density at radius 3 is 2.88 bits per heavy atom. The summed E-state index contributed by atoms with van der Waals surface area (Å²) in [5.41, 5.74) is 2.48. The Kier molecular flexibility index (Phi) is 5.74. The number of hydrogen-bond donors (Lipinski definition) is 1. The van der Waals surface area contributed by atoms with Crippen LogP contribution in [-0.2, 0) is 13.0 Å². The minimum atomic E-state index is 0.0770. The lowest BCUT2D eigenvalue weighted by atomic mass is 10.0. The van der Waals surface area contributed by atoms with Crippen molar-refractivity contribution in [2.24, 2.45) is 5.92 Å². The van der Waals surface area contributed by atoms with Crippen LogP contribution in [-0.4, -0.2) is 40.1 Å². The molecule has 5 nitrogen and oxygen atoms in total. The molecule has 1 fully saturated rings. The average Bonchev–Trinajstić information content (AvgIpc) is 3.23. The zero-order valence-corrected chi connectivity index (χ0v) is 15.2. The van der Waals surface area contributed by atoms with Gasteiger partial charge in [-0.1, -0.05) is 37.3 Å². The zero-order chi connectivity index (χ0) is 17.6. The van der Waals surface area contributed by atoms with Crippen LogP contribution in [0.5, 0.6) is 0 Å². The van der Waals surface area contributed by atoms with E-state index >= 15 is 0 Å². The van der Waals surface area contributed by atoms with Crippen LogP contribution in [0.2, 0.25) is 0 Å². The number of carbonyl (C=O) groups excluding carboxylic acids is 1. The summed E-state index contributed by atoms with van der Waals surface area (Å²) in [5.74, 6) is 1.62. The minimum absolute atomic E-state index is 0.0770. The Balaban J connectivity index is 1.61. The van der Waals surface area contributed by atoms with E-state index in [2.05, 4.69) is 53.0 Å². The van der Waals surface area contributed by atoms with Gasteiger partial charge in [-0.2, -0.15) is 0 Å². The van der Waals surface area contributed by atoms with Crippen LogP contribution in [0.4, 0.5) is 4.79 Å². The number of imidazole rings is 1. The van der Waals surface area contributed by atoms with Crippen LogP contribution in [0.3, 0.4) is 0 Å². The highest BCUT2D eigenvalue weighted by Crippen LogP contribution is 2.21. The number of benzene rings is 1. The molecule has 2 amide bonds. The van der Waals surface area contributed by atoms with Gasteiger partial charge in [-0.25, -0.2) is 9.78 Å². The summed E-state index contributed by atoms with van der Waals surface area (Å²) in [6.45, 7) is 7.46. The monoisotopic (exact) mass is 340 g/mol. The number of nitrogens with one attached hydrogen (secondary N) is 1. The maximum absolute atomic E-state index is 12.1. The molecular formula is C20H28N4O. The van der Waals surface area contributed by atoms with Crippen LogP contribution < -0.4 is 5.32 Å². The summed E-state index contributed by atoms with van der Waals surface area (Å²) in [6.07, 6.45) is 4.91. The number of hydrogen-bond acceptors (Lipinski definition) is 2. The molecule has 2 heterocycles. The largest absolute Gasteiger partial charge is 0.338 e. The molecule has 0 aliphatic carbocycles. The van der Waals surface area contributed by atoms with Crippen molar-refractivity contribution in [1.29, 1.82) is 0 Å². The first-order valence-corrected chi connectivity index (χ1v) is 9.25. The molecule has 1 unspecified atom stereocenters. The number of likely N-dealkylation sites (tertiary alicyclic amines) is 1. The Morgan fingerprint density at radius 2 is 2.12 bits per heavy atom. The van der Waals surface area contributed by atoms with Crippen LogP contribution in [0.15, 0.2) is 36.5 Å². The Bertz CT molecular complexity index is 695. The van der Waals surface area contributed by atoms with Crippen molar-refractivity contribution in [3.8, 4) is 0 Å². The maximum Gasteiger partial charge on any atom is 0.317 e. The molecule has 134 valence electrons. The van der Waals surface area contributed by atoms with E-state index in [0.717, 1.165) is 51.3 Å². The molecule has 1 aliphatic heterocycles. The molecule has 2 aromatic rings. The van der Waals surface area contributed by atoms with Gasteiger partial charge >= 0.3 is 6.03 Å². The lowest BCUT2D eigenvalue weighted by Gasteiger charge is -2.17. The van der Waals surface area contributed by atoms with E-state index in [1.54, 1.807) is 0 Å². The number of rotatable bonds is 6. The Hall–Kier alpha value is -2.30. The van der Waals surface area contributed by atoms with Crippen LogP contribution in [0, 0.1) is 12.8 Å². The van der Waals surface area contributed by atoms with Crippen molar-refractivity contribution < 1.29 is 4.79 Å². The summed E-state index contributed by atoms with van der Waals surface area (Å²) in [4.78, 5) is 18.7. The lowest BCUT2D eigenvalue weighted by molar-refractivity contribution is 0.207. The average molecular weight is 340 g/mol. The summed E-state index contributed by atoms with van der Waals surface area (Å²) >= 11 is 0. The summed E-state index contributed by atoms with van der Waals surface area (Å²) in [6, 6.07) is 10.6. The SMILES string of the molecule is CCCNC(=O)N1CCC(Cc2ncc(C)n2Cc2ccccc2)C1. The molecule has 0 saturated carbocycles. The van der Waals surface area contributed by atoms with Crippen molar-refractivity contribution in [2.45, 2.75) is 39.7 Å². The minimum Gasteiger partial charge on any atom is -0.338 e. The van der Waals surface area contributed by atoms with Gasteiger partial charge in [-0.3, -0.25) is 0 Å². The first kappa shape index (κ1) is 17.5. The van der Waals surface area contributed by atoms with E-state index in [-0.39, 0.29) is 6.03 Å². The molecule has 1 N–H and O–H groups in total.